The number of nitrogens with one attached hydrogen (secondary N) is 1. The third-order valence-electron chi connectivity index (χ3n) is 4.20. The molecular weight excluding hydrogens is 322 g/mol. The van der Waals surface area contributed by atoms with Gasteiger partial charge in [-0.05, 0) is 38.2 Å². The molecule has 0 saturated carbocycles. The lowest BCUT2D eigenvalue weighted by molar-refractivity contribution is -0.123. The Labute approximate surface area is 148 Å². The van der Waals surface area contributed by atoms with Crippen LogP contribution in [0.1, 0.15) is 26.7 Å². The summed E-state index contributed by atoms with van der Waals surface area (Å²) < 4.78 is 0. The maximum atomic E-state index is 12.3. The third kappa shape index (κ3) is 5.24. The minimum atomic E-state index is -0.0930. The van der Waals surface area contributed by atoms with E-state index in [0.29, 0.717) is 13.0 Å². The number of carbonyl (C=O) groups is 2. The van der Waals surface area contributed by atoms with Crippen molar-refractivity contribution in [2.75, 3.05) is 43.4 Å². The van der Waals surface area contributed by atoms with Gasteiger partial charge in [0.1, 0.15) is 6.54 Å². The van der Waals surface area contributed by atoms with Crippen LogP contribution in [0.2, 0.25) is 0 Å². The van der Waals surface area contributed by atoms with E-state index < -0.39 is 0 Å². The number of carbonyl (C=O) groups excluding carboxylic acids is 2. The van der Waals surface area contributed by atoms with Crippen LogP contribution < -0.4 is 10.2 Å². The van der Waals surface area contributed by atoms with E-state index in [4.69, 9.17) is 0 Å². The second kappa shape index (κ2) is 9.69. The Morgan fingerprint density at radius 1 is 1.29 bits per heavy atom. The summed E-state index contributed by atoms with van der Waals surface area (Å²) in [5, 5.41) is 2.94. The topological polar surface area (TPSA) is 52.7 Å². The molecule has 1 heterocycles. The zero-order valence-corrected chi connectivity index (χ0v) is 15.4. The SMILES string of the molecule is CCN(CC)CCCNC(=O)CN1C(=O)CCSc2ccccc21. The van der Waals surface area contributed by atoms with Gasteiger partial charge in [0, 0.05) is 23.6 Å². The molecule has 0 saturated heterocycles. The third-order valence-corrected chi connectivity index (χ3v) is 5.26. The first-order chi connectivity index (χ1) is 11.7. The molecule has 0 aliphatic carbocycles. The van der Waals surface area contributed by atoms with Crippen molar-refractivity contribution in [2.45, 2.75) is 31.6 Å². The first-order valence-corrected chi connectivity index (χ1v) is 9.65. The molecule has 2 rings (SSSR count). The van der Waals surface area contributed by atoms with Gasteiger partial charge in [0.25, 0.3) is 0 Å². The number of amides is 2. The summed E-state index contributed by atoms with van der Waals surface area (Å²) in [4.78, 5) is 29.6. The van der Waals surface area contributed by atoms with E-state index >= 15 is 0 Å². The molecule has 1 N–H and O–H groups in total. The molecule has 0 aromatic heterocycles. The summed E-state index contributed by atoms with van der Waals surface area (Å²) in [7, 11) is 0. The minimum Gasteiger partial charge on any atom is -0.355 e. The lowest BCUT2D eigenvalue weighted by Gasteiger charge is -2.22. The zero-order valence-electron chi connectivity index (χ0n) is 14.6. The fraction of sp³-hybridized carbons (Fsp3) is 0.556. The highest BCUT2D eigenvalue weighted by atomic mass is 32.2. The molecule has 6 heteroatoms. The highest BCUT2D eigenvalue weighted by Crippen LogP contribution is 2.33. The fourth-order valence-electron chi connectivity index (χ4n) is 2.76. The highest BCUT2D eigenvalue weighted by molar-refractivity contribution is 7.99. The Hall–Kier alpha value is -1.53. The van der Waals surface area contributed by atoms with E-state index in [1.54, 1.807) is 16.7 Å². The Morgan fingerprint density at radius 2 is 2.04 bits per heavy atom. The summed E-state index contributed by atoms with van der Waals surface area (Å²) in [6, 6.07) is 7.80. The zero-order chi connectivity index (χ0) is 17.4. The molecule has 132 valence electrons. The molecule has 0 unspecified atom stereocenters. The number of hydrogen-bond donors (Lipinski definition) is 1. The number of rotatable bonds is 8. The number of anilines is 1. The summed E-state index contributed by atoms with van der Waals surface area (Å²) in [5.74, 6) is 0.688. The fourth-order valence-corrected chi connectivity index (χ4v) is 3.76. The second-order valence-electron chi connectivity index (χ2n) is 5.78. The predicted octanol–water partition coefficient (Wildman–Crippen LogP) is 2.36. The summed E-state index contributed by atoms with van der Waals surface area (Å²) in [6.07, 6.45) is 1.39. The van der Waals surface area contributed by atoms with Crippen molar-refractivity contribution in [3.8, 4) is 0 Å². The minimum absolute atomic E-state index is 0.0192. The molecule has 2 amide bonds. The van der Waals surface area contributed by atoms with Crippen LogP contribution in [0.25, 0.3) is 0 Å². The van der Waals surface area contributed by atoms with Crippen LogP contribution in [0.3, 0.4) is 0 Å². The molecule has 1 aromatic carbocycles. The molecule has 1 aliphatic heterocycles. The predicted molar refractivity (Wildman–Crippen MR) is 99.6 cm³/mol. The molecule has 1 aromatic rings. The van der Waals surface area contributed by atoms with Crippen LogP contribution in [-0.4, -0.2) is 55.2 Å². The Kier molecular flexibility index (Phi) is 7.59. The monoisotopic (exact) mass is 349 g/mol. The maximum Gasteiger partial charge on any atom is 0.240 e. The number of hydrogen-bond acceptors (Lipinski definition) is 4. The summed E-state index contributed by atoms with van der Waals surface area (Å²) in [6.45, 7) is 8.07. The lowest BCUT2D eigenvalue weighted by atomic mass is 10.2. The second-order valence-corrected chi connectivity index (χ2v) is 6.91. The van der Waals surface area contributed by atoms with Crippen molar-refractivity contribution >= 4 is 29.3 Å². The molecule has 24 heavy (non-hydrogen) atoms. The van der Waals surface area contributed by atoms with Gasteiger partial charge in [-0.25, -0.2) is 0 Å². The molecule has 1 aliphatic rings. The van der Waals surface area contributed by atoms with E-state index in [1.165, 1.54) is 0 Å². The van der Waals surface area contributed by atoms with Crippen LogP contribution in [0.15, 0.2) is 29.2 Å². The van der Waals surface area contributed by atoms with Crippen LogP contribution in [0, 0.1) is 0 Å². The van der Waals surface area contributed by atoms with Crippen molar-refractivity contribution in [3.63, 3.8) is 0 Å². The Balaban J connectivity index is 1.87. The van der Waals surface area contributed by atoms with E-state index in [-0.39, 0.29) is 18.4 Å². The molecule has 0 spiro atoms. The van der Waals surface area contributed by atoms with Gasteiger partial charge >= 0.3 is 0 Å². The van der Waals surface area contributed by atoms with Crippen LogP contribution in [0.4, 0.5) is 5.69 Å². The van der Waals surface area contributed by atoms with Crippen molar-refractivity contribution in [3.05, 3.63) is 24.3 Å². The van der Waals surface area contributed by atoms with E-state index in [9.17, 15) is 9.59 Å². The van der Waals surface area contributed by atoms with Gasteiger partial charge in [-0.1, -0.05) is 26.0 Å². The first kappa shape index (κ1) is 18.8. The van der Waals surface area contributed by atoms with Crippen LogP contribution in [-0.2, 0) is 9.59 Å². The molecule has 0 atom stereocenters. The van der Waals surface area contributed by atoms with Crippen molar-refractivity contribution in [1.29, 1.82) is 0 Å². The summed E-state index contributed by atoms with van der Waals surface area (Å²) >= 11 is 1.67. The number of para-hydroxylation sites is 1. The number of benzene rings is 1. The van der Waals surface area contributed by atoms with Crippen molar-refractivity contribution in [2.24, 2.45) is 0 Å². The van der Waals surface area contributed by atoms with Crippen molar-refractivity contribution in [1.82, 2.24) is 10.2 Å². The highest BCUT2D eigenvalue weighted by Gasteiger charge is 2.24. The van der Waals surface area contributed by atoms with Gasteiger partial charge in [0.05, 0.1) is 5.69 Å². The van der Waals surface area contributed by atoms with Gasteiger partial charge in [0.2, 0.25) is 11.8 Å². The average molecular weight is 350 g/mol. The van der Waals surface area contributed by atoms with E-state index in [2.05, 4.69) is 24.1 Å². The van der Waals surface area contributed by atoms with Crippen molar-refractivity contribution < 1.29 is 9.59 Å². The van der Waals surface area contributed by atoms with Gasteiger partial charge in [-0.2, -0.15) is 0 Å². The molecule has 0 radical (unpaired) electrons. The normalized spacial score (nSPS) is 14.5. The van der Waals surface area contributed by atoms with E-state index in [1.807, 2.05) is 24.3 Å². The maximum absolute atomic E-state index is 12.3. The first-order valence-electron chi connectivity index (χ1n) is 8.67. The van der Waals surface area contributed by atoms with Gasteiger partial charge < -0.3 is 15.1 Å². The summed E-state index contributed by atoms with van der Waals surface area (Å²) in [5.41, 5.74) is 0.850. The molecule has 5 nitrogen and oxygen atoms in total. The Bertz CT molecular complexity index is 561. The number of nitrogens with zero attached hydrogens (tertiary/aromatic N) is 2. The van der Waals surface area contributed by atoms with Crippen LogP contribution in [0.5, 0.6) is 0 Å². The lowest BCUT2D eigenvalue weighted by Crippen LogP contribution is -2.41. The molecular formula is C18H27N3O2S. The average Bonchev–Trinajstić information content (AvgIpc) is 2.75. The number of thioether (sulfide) groups is 1. The quantitative estimate of drug-likeness (QED) is 0.732. The largest absolute Gasteiger partial charge is 0.355 e. The Morgan fingerprint density at radius 3 is 2.79 bits per heavy atom. The van der Waals surface area contributed by atoms with E-state index in [0.717, 1.165) is 42.4 Å². The number of fused-ring (bicyclic) bond motifs is 1. The standard InChI is InChI=1S/C18H27N3O2S/c1-3-20(4-2)12-7-11-19-17(22)14-21-15-8-5-6-9-16(15)24-13-10-18(21)23/h5-6,8-9H,3-4,7,10-14H2,1-2H3,(H,19,22). The molecule has 0 fully saturated rings. The van der Waals surface area contributed by atoms with Gasteiger partial charge in [0.15, 0.2) is 0 Å². The molecule has 0 bridgehead atoms. The van der Waals surface area contributed by atoms with Gasteiger partial charge in [-0.15, -0.1) is 11.8 Å². The smallest absolute Gasteiger partial charge is 0.240 e. The van der Waals surface area contributed by atoms with Gasteiger partial charge in [-0.3, -0.25) is 9.59 Å². The van der Waals surface area contributed by atoms with Crippen LogP contribution >= 0.6 is 11.8 Å².